The first-order chi connectivity index (χ1) is 11.0. The zero-order valence-electron chi connectivity index (χ0n) is 14.5. The SMILES string of the molecule is C[C@@H](NC(=O)C1(F)CC(C(C)(C)C)N(C(=O)O)C1)c1ccccc1. The zero-order chi connectivity index (χ0) is 18.1. The first kappa shape index (κ1) is 18.2. The summed E-state index contributed by atoms with van der Waals surface area (Å²) in [5, 5.41) is 12.0. The molecule has 0 aromatic heterocycles. The molecule has 3 atom stereocenters. The van der Waals surface area contributed by atoms with Gasteiger partial charge in [-0.2, -0.15) is 0 Å². The highest BCUT2D eigenvalue weighted by molar-refractivity contribution is 5.87. The average molecular weight is 336 g/mol. The minimum Gasteiger partial charge on any atom is -0.465 e. The zero-order valence-corrected chi connectivity index (χ0v) is 14.5. The van der Waals surface area contributed by atoms with Crippen LogP contribution < -0.4 is 5.32 Å². The molecule has 1 aromatic carbocycles. The van der Waals surface area contributed by atoms with Crippen LogP contribution in [0.5, 0.6) is 0 Å². The summed E-state index contributed by atoms with van der Waals surface area (Å²) < 4.78 is 15.3. The molecule has 2 rings (SSSR count). The highest BCUT2D eigenvalue weighted by Gasteiger charge is 2.54. The number of carbonyl (C=O) groups is 2. The molecular weight excluding hydrogens is 311 g/mol. The van der Waals surface area contributed by atoms with E-state index in [9.17, 15) is 14.7 Å². The molecule has 1 aliphatic rings. The van der Waals surface area contributed by atoms with Gasteiger partial charge in [0.1, 0.15) is 0 Å². The van der Waals surface area contributed by atoms with Crippen LogP contribution in [-0.4, -0.2) is 40.3 Å². The summed E-state index contributed by atoms with van der Waals surface area (Å²) in [5.74, 6) is -0.753. The Morgan fingerprint density at radius 1 is 1.33 bits per heavy atom. The Kier molecular flexibility index (Phi) is 4.87. The second-order valence-corrected chi connectivity index (χ2v) is 7.57. The minimum atomic E-state index is -2.21. The van der Waals surface area contributed by atoms with E-state index in [1.807, 2.05) is 51.1 Å². The van der Waals surface area contributed by atoms with Gasteiger partial charge in [0.2, 0.25) is 5.67 Å². The molecule has 0 radical (unpaired) electrons. The average Bonchev–Trinajstić information content (AvgIpc) is 2.88. The van der Waals surface area contributed by atoms with Crippen molar-refractivity contribution >= 4 is 12.0 Å². The van der Waals surface area contributed by atoms with E-state index < -0.39 is 35.7 Å². The van der Waals surface area contributed by atoms with Crippen LogP contribution in [0.1, 0.15) is 45.7 Å². The number of amides is 2. The number of alkyl halides is 1. The third-order valence-corrected chi connectivity index (χ3v) is 4.61. The van der Waals surface area contributed by atoms with Crippen LogP contribution in [0.2, 0.25) is 0 Å². The maximum Gasteiger partial charge on any atom is 0.407 e. The molecule has 1 saturated heterocycles. The lowest BCUT2D eigenvalue weighted by atomic mass is 9.83. The minimum absolute atomic E-state index is 0.129. The molecule has 24 heavy (non-hydrogen) atoms. The van der Waals surface area contributed by atoms with E-state index in [0.717, 1.165) is 10.5 Å². The molecule has 132 valence electrons. The summed E-state index contributed by atoms with van der Waals surface area (Å²) in [5.41, 5.74) is -1.79. The van der Waals surface area contributed by atoms with Crippen molar-refractivity contribution in [2.75, 3.05) is 6.54 Å². The van der Waals surface area contributed by atoms with Gasteiger partial charge in [0, 0.05) is 12.5 Å². The van der Waals surface area contributed by atoms with E-state index >= 15 is 4.39 Å². The molecule has 5 nitrogen and oxygen atoms in total. The van der Waals surface area contributed by atoms with Crippen LogP contribution in [0.3, 0.4) is 0 Å². The summed E-state index contributed by atoms with van der Waals surface area (Å²) in [7, 11) is 0. The van der Waals surface area contributed by atoms with Crippen molar-refractivity contribution in [3.8, 4) is 0 Å². The first-order valence-electron chi connectivity index (χ1n) is 8.09. The number of rotatable bonds is 3. The van der Waals surface area contributed by atoms with E-state index in [0.29, 0.717) is 0 Å². The van der Waals surface area contributed by atoms with Gasteiger partial charge in [-0.25, -0.2) is 9.18 Å². The van der Waals surface area contributed by atoms with E-state index in [-0.39, 0.29) is 12.5 Å². The van der Waals surface area contributed by atoms with E-state index in [4.69, 9.17) is 0 Å². The Bertz CT molecular complexity index is 614. The second-order valence-electron chi connectivity index (χ2n) is 7.57. The van der Waals surface area contributed by atoms with Crippen LogP contribution in [0, 0.1) is 5.41 Å². The lowest BCUT2D eigenvalue weighted by Gasteiger charge is -2.32. The maximum atomic E-state index is 15.3. The fourth-order valence-electron chi connectivity index (χ4n) is 3.15. The van der Waals surface area contributed by atoms with Crippen LogP contribution >= 0.6 is 0 Å². The fraction of sp³-hybridized carbons (Fsp3) is 0.556. The summed E-state index contributed by atoms with van der Waals surface area (Å²) in [4.78, 5) is 25.0. The van der Waals surface area contributed by atoms with Crippen molar-refractivity contribution in [1.29, 1.82) is 0 Å². The molecule has 2 amide bonds. The van der Waals surface area contributed by atoms with Gasteiger partial charge in [-0.15, -0.1) is 0 Å². The van der Waals surface area contributed by atoms with Crippen molar-refractivity contribution in [2.24, 2.45) is 5.41 Å². The van der Waals surface area contributed by atoms with Gasteiger partial charge in [0.05, 0.1) is 12.6 Å². The normalized spacial score (nSPS) is 25.4. The number of halogens is 1. The molecule has 0 aliphatic carbocycles. The summed E-state index contributed by atoms with van der Waals surface area (Å²) in [6.45, 7) is 6.90. The summed E-state index contributed by atoms with van der Waals surface area (Å²) in [6.07, 6.45) is -1.32. The second kappa shape index (κ2) is 6.42. The molecule has 0 saturated carbocycles. The van der Waals surface area contributed by atoms with Gasteiger partial charge in [-0.05, 0) is 17.9 Å². The maximum absolute atomic E-state index is 15.3. The van der Waals surface area contributed by atoms with Crippen LogP contribution in [0.15, 0.2) is 30.3 Å². The van der Waals surface area contributed by atoms with Gasteiger partial charge in [0.15, 0.2) is 0 Å². The number of hydrogen-bond acceptors (Lipinski definition) is 2. The van der Waals surface area contributed by atoms with E-state index in [2.05, 4.69) is 5.32 Å². The quantitative estimate of drug-likeness (QED) is 0.889. The Hall–Kier alpha value is -2.11. The fourth-order valence-corrected chi connectivity index (χ4v) is 3.15. The monoisotopic (exact) mass is 336 g/mol. The molecular formula is C18H25FN2O3. The van der Waals surface area contributed by atoms with Crippen molar-refractivity contribution in [2.45, 2.75) is 51.9 Å². The molecule has 1 heterocycles. The van der Waals surface area contributed by atoms with Crippen molar-refractivity contribution in [3.63, 3.8) is 0 Å². The third kappa shape index (κ3) is 3.68. The van der Waals surface area contributed by atoms with Gasteiger partial charge >= 0.3 is 6.09 Å². The lowest BCUT2D eigenvalue weighted by Crippen LogP contribution is -2.46. The molecule has 1 fully saturated rings. The molecule has 2 N–H and O–H groups in total. The Labute approximate surface area is 141 Å². The predicted molar refractivity (Wildman–Crippen MR) is 89.4 cm³/mol. The van der Waals surface area contributed by atoms with Gasteiger partial charge < -0.3 is 15.3 Å². The van der Waals surface area contributed by atoms with Crippen molar-refractivity contribution in [3.05, 3.63) is 35.9 Å². The molecule has 2 unspecified atom stereocenters. The van der Waals surface area contributed by atoms with Gasteiger partial charge in [0.25, 0.3) is 5.91 Å². The smallest absolute Gasteiger partial charge is 0.407 e. The number of likely N-dealkylation sites (tertiary alicyclic amines) is 1. The van der Waals surface area contributed by atoms with Crippen molar-refractivity contribution < 1.29 is 19.1 Å². The number of nitrogens with one attached hydrogen (secondary N) is 1. The number of carboxylic acid groups (broad SMARTS) is 1. The van der Waals surface area contributed by atoms with Crippen LogP contribution in [-0.2, 0) is 4.79 Å². The standard InChI is InChI=1S/C18H25FN2O3/c1-12(13-8-6-5-7-9-13)20-15(22)18(19)10-14(17(2,3)4)21(11-18)16(23)24/h5-9,12,14H,10-11H2,1-4H3,(H,20,22)(H,23,24)/t12-,14?,18?/m1/s1. The van der Waals surface area contributed by atoms with E-state index in [1.165, 1.54) is 0 Å². The third-order valence-electron chi connectivity index (χ3n) is 4.61. The highest BCUT2D eigenvalue weighted by atomic mass is 19.1. The highest BCUT2D eigenvalue weighted by Crippen LogP contribution is 2.40. The molecule has 0 bridgehead atoms. The summed E-state index contributed by atoms with van der Waals surface area (Å²) in [6, 6.07) is 8.37. The molecule has 6 heteroatoms. The van der Waals surface area contributed by atoms with Gasteiger partial charge in [-0.1, -0.05) is 51.1 Å². The van der Waals surface area contributed by atoms with Crippen molar-refractivity contribution in [1.82, 2.24) is 10.2 Å². The molecule has 1 aliphatic heterocycles. The Balaban J connectivity index is 2.15. The topological polar surface area (TPSA) is 69.6 Å². The largest absolute Gasteiger partial charge is 0.465 e. The molecule has 0 spiro atoms. The van der Waals surface area contributed by atoms with Crippen LogP contribution in [0.4, 0.5) is 9.18 Å². The number of carbonyl (C=O) groups excluding carboxylic acids is 1. The van der Waals surface area contributed by atoms with E-state index in [1.54, 1.807) is 6.92 Å². The number of hydrogen-bond donors (Lipinski definition) is 2. The Morgan fingerprint density at radius 2 is 1.92 bits per heavy atom. The predicted octanol–water partition coefficient (Wildman–Crippen LogP) is 3.37. The Morgan fingerprint density at radius 3 is 2.38 bits per heavy atom. The molecule has 1 aromatic rings. The van der Waals surface area contributed by atoms with Crippen LogP contribution in [0.25, 0.3) is 0 Å². The lowest BCUT2D eigenvalue weighted by molar-refractivity contribution is -0.132. The number of nitrogens with zero attached hydrogens (tertiary/aromatic N) is 1. The number of benzene rings is 1. The first-order valence-corrected chi connectivity index (χ1v) is 8.09. The van der Waals surface area contributed by atoms with Gasteiger partial charge in [-0.3, -0.25) is 4.79 Å². The summed E-state index contributed by atoms with van der Waals surface area (Å²) >= 11 is 0.